The average molecular weight is 508 g/mol. The van der Waals surface area contributed by atoms with E-state index in [-0.39, 0.29) is 30.8 Å². The van der Waals surface area contributed by atoms with Crippen molar-refractivity contribution in [2.45, 2.75) is 30.0 Å². The Kier molecular flexibility index (Phi) is 6.32. The number of ether oxygens (including phenoxy) is 2. The predicted octanol–water partition coefficient (Wildman–Crippen LogP) is 4.38. The van der Waals surface area contributed by atoms with Crippen LogP contribution in [0.5, 0.6) is 5.75 Å². The van der Waals surface area contributed by atoms with Crippen LogP contribution in [0.4, 0.5) is 18.9 Å². The average Bonchev–Trinajstić information content (AvgIpc) is 2.70. The normalized spacial score (nSPS) is 16.6. The molecule has 0 aromatic heterocycles. The molecule has 0 aliphatic carbocycles. The lowest BCUT2D eigenvalue weighted by atomic mass is 10.1. The summed E-state index contributed by atoms with van der Waals surface area (Å²) >= 11 is 3.27. The highest BCUT2D eigenvalue weighted by Crippen LogP contribution is 2.40. The van der Waals surface area contributed by atoms with Crippen LogP contribution in [0.15, 0.2) is 51.8 Å². The first-order valence-corrected chi connectivity index (χ1v) is 11.0. The zero-order valence-electron chi connectivity index (χ0n) is 15.6. The summed E-state index contributed by atoms with van der Waals surface area (Å²) in [5.41, 5.74) is -0.871. The number of benzene rings is 2. The standard InChI is InChI=1S/C19H17BrF3NO5S/c1-28-18(25)8-6-14-11-24(16-10-13(20)5-7-17(16)29-14)30(26,27)15-4-2-3-12(9-15)19(21,22)23/h2-5,7,9-10,14H,6,8,11H2,1H3/t14-/m0/s1. The van der Waals surface area contributed by atoms with Gasteiger partial charge in [-0.1, -0.05) is 22.0 Å². The lowest BCUT2D eigenvalue weighted by molar-refractivity contribution is -0.141. The minimum absolute atomic E-state index is 0.00444. The molecule has 1 atom stereocenters. The molecule has 0 saturated heterocycles. The summed E-state index contributed by atoms with van der Waals surface area (Å²) in [7, 11) is -3.10. The number of rotatable bonds is 5. The third-order valence-electron chi connectivity index (χ3n) is 4.50. The van der Waals surface area contributed by atoms with Gasteiger partial charge in [0.1, 0.15) is 11.9 Å². The number of alkyl halides is 3. The molecule has 1 aliphatic heterocycles. The Hall–Kier alpha value is -2.27. The van der Waals surface area contributed by atoms with Crippen molar-refractivity contribution in [3.63, 3.8) is 0 Å². The molecule has 2 aromatic carbocycles. The van der Waals surface area contributed by atoms with Gasteiger partial charge in [-0.2, -0.15) is 13.2 Å². The Morgan fingerprint density at radius 3 is 2.67 bits per heavy atom. The Morgan fingerprint density at radius 2 is 2.00 bits per heavy atom. The molecule has 0 amide bonds. The van der Waals surface area contributed by atoms with Gasteiger partial charge >= 0.3 is 12.1 Å². The van der Waals surface area contributed by atoms with Gasteiger partial charge < -0.3 is 9.47 Å². The second-order valence-electron chi connectivity index (χ2n) is 6.53. The van der Waals surface area contributed by atoms with Crippen LogP contribution in [-0.2, 0) is 25.7 Å². The van der Waals surface area contributed by atoms with Crippen molar-refractivity contribution < 1.29 is 35.9 Å². The van der Waals surface area contributed by atoms with Gasteiger partial charge in [0, 0.05) is 10.9 Å². The molecule has 0 bridgehead atoms. The van der Waals surface area contributed by atoms with E-state index in [9.17, 15) is 26.4 Å². The van der Waals surface area contributed by atoms with E-state index in [1.165, 1.54) is 13.2 Å². The van der Waals surface area contributed by atoms with Crippen LogP contribution in [0.1, 0.15) is 18.4 Å². The third-order valence-corrected chi connectivity index (χ3v) is 6.77. The maximum atomic E-state index is 13.3. The second kappa shape index (κ2) is 8.46. The van der Waals surface area contributed by atoms with E-state index in [2.05, 4.69) is 20.7 Å². The van der Waals surface area contributed by atoms with Crippen molar-refractivity contribution in [3.8, 4) is 5.75 Å². The molecule has 30 heavy (non-hydrogen) atoms. The number of fused-ring (bicyclic) bond motifs is 1. The van der Waals surface area contributed by atoms with Gasteiger partial charge in [-0.05, 0) is 42.8 Å². The second-order valence-corrected chi connectivity index (χ2v) is 9.31. The quantitative estimate of drug-likeness (QED) is 0.561. The van der Waals surface area contributed by atoms with Crippen molar-refractivity contribution in [3.05, 3.63) is 52.5 Å². The minimum atomic E-state index is -4.68. The highest BCUT2D eigenvalue weighted by Gasteiger charge is 2.37. The molecule has 0 radical (unpaired) electrons. The highest BCUT2D eigenvalue weighted by atomic mass is 79.9. The molecule has 0 spiro atoms. The van der Waals surface area contributed by atoms with Crippen molar-refractivity contribution in [1.29, 1.82) is 0 Å². The summed E-state index contributed by atoms with van der Waals surface area (Å²) in [4.78, 5) is 11.0. The smallest absolute Gasteiger partial charge is 0.416 e. The maximum absolute atomic E-state index is 13.3. The zero-order valence-corrected chi connectivity index (χ0v) is 18.1. The SMILES string of the molecule is COC(=O)CC[C@H]1CN(S(=O)(=O)c2cccc(C(F)(F)F)c2)c2cc(Br)ccc2O1. The minimum Gasteiger partial charge on any atom is -0.486 e. The fourth-order valence-corrected chi connectivity index (χ4v) is 4.90. The number of esters is 1. The maximum Gasteiger partial charge on any atom is 0.416 e. The Balaban J connectivity index is 2.01. The van der Waals surface area contributed by atoms with E-state index in [1.54, 1.807) is 12.1 Å². The molecule has 0 saturated carbocycles. The number of sulfonamides is 1. The number of carbonyl (C=O) groups is 1. The molecule has 1 heterocycles. The summed E-state index contributed by atoms with van der Waals surface area (Å²) in [6, 6.07) is 8.29. The summed E-state index contributed by atoms with van der Waals surface area (Å²) in [5, 5.41) is 0. The van der Waals surface area contributed by atoms with Crippen LogP contribution in [0.3, 0.4) is 0 Å². The van der Waals surface area contributed by atoms with Crippen LogP contribution in [0, 0.1) is 0 Å². The van der Waals surface area contributed by atoms with Gasteiger partial charge in [-0.25, -0.2) is 8.42 Å². The molecule has 0 N–H and O–H groups in total. The van der Waals surface area contributed by atoms with E-state index in [4.69, 9.17) is 4.74 Å². The number of hydrogen-bond acceptors (Lipinski definition) is 5. The first-order chi connectivity index (χ1) is 14.0. The van der Waals surface area contributed by atoms with Crippen LogP contribution in [-0.4, -0.2) is 34.1 Å². The molecule has 6 nitrogen and oxygen atoms in total. The van der Waals surface area contributed by atoms with E-state index in [0.717, 1.165) is 22.5 Å². The zero-order chi connectivity index (χ0) is 22.1. The van der Waals surface area contributed by atoms with Crippen LogP contribution >= 0.6 is 15.9 Å². The largest absolute Gasteiger partial charge is 0.486 e. The van der Waals surface area contributed by atoms with Gasteiger partial charge in [0.25, 0.3) is 10.0 Å². The fourth-order valence-electron chi connectivity index (χ4n) is 3.00. The number of halogens is 4. The Bertz CT molecular complexity index is 1060. The topological polar surface area (TPSA) is 72.9 Å². The van der Waals surface area contributed by atoms with E-state index < -0.39 is 38.7 Å². The molecule has 1 aliphatic rings. The van der Waals surface area contributed by atoms with Crippen LogP contribution in [0.2, 0.25) is 0 Å². The number of carbonyl (C=O) groups excluding carboxylic acids is 1. The Labute approximate surface area is 179 Å². The molecule has 0 unspecified atom stereocenters. The lowest BCUT2D eigenvalue weighted by Crippen LogP contribution is -2.43. The number of hydrogen-bond donors (Lipinski definition) is 0. The highest BCUT2D eigenvalue weighted by molar-refractivity contribution is 9.10. The van der Waals surface area contributed by atoms with Gasteiger partial charge in [0.05, 0.1) is 29.8 Å². The van der Waals surface area contributed by atoms with Crippen LogP contribution in [0.25, 0.3) is 0 Å². The van der Waals surface area contributed by atoms with Crippen LogP contribution < -0.4 is 9.04 Å². The van der Waals surface area contributed by atoms with E-state index in [1.807, 2.05) is 0 Å². The fraction of sp³-hybridized carbons (Fsp3) is 0.316. The van der Waals surface area contributed by atoms with E-state index in [0.29, 0.717) is 10.5 Å². The van der Waals surface area contributed by atoms with E-state index >= 15 is 0 Å². The monoisotopic (exact) mass is 507 g/mol. The van der Waals surface area contributed by atoms with Crippen molar-refractivity contribution >= 4 is 37.6 Å². The molecular weight excluding hydrogens is 491 g/mol. The molecule has 162 valence electrons. The van der Waals surface area contributed by atoms with Gasteiger partial charge in [0.2, 0.25) is 0 Å². The van der Waals surface area contributed by atoms with Crippen molar-refractivity contribution in [1.82, 2.24) is 0 Å². The predicted molar refractivity (Wildman–Crippen MR) is 106 cm³/mol. The third kappa shape index (κ3) is 4.72. The van der Waals surface area contributed by atoms with Crippen molar-refractivity contribution in [2.75, 3.05) is 18.0 Å². The van der Waals surface area contributed by atoms with Gasteiger partial charge in [0.15, 0.2) is 0 Å². The molecule has 0 fully saturated rings. The van der Waals surface area contributed by atoms with Crippen molar-refractivity contribution in [2.24, 2.45) is 0 Å². The number of nitrogens with zero attached hydrogens (tertiary/aromatic N) is 1. The summed E-state index contributed by atoms with van der Waals surface area (Å²) in [5.74, 6) is -0.234. The van der Waals surface area contributed by atoms with Gasteiger partial charge in [-0.3, -0.25) is 9.10 Å². The summed E-state index contributed by atoms with van der Waals surface area (Å²) in [6.45, 7) is -0.168. The first kappa shape index (κ1) is 22.4. The molecule has 2 aromatic rings. The number of anilines is 1. The molecule has 11 heteroatoms. The Morgan fingerprint density at radius 1 is 1.27 bits per heavy atom. The summed E-state index contributed by atoms with van der Waals surface area (Å²) < 4.78 is 77.8. The lowest BCUT2D eigenvalue weighted by Gasteiger charge is -2.35. The molecular formula is C19H17BrF3NO5S. The molecule has 3 rings (SSSR count). The summed E-state index contributed by atoms with van der Waals surface area (Å²) in [6.07, 6.45) is -5.18. The number of methoxy groups -OCH3 is 1. The van der Waals surface area contributed by atoms with Gasteiger partial charge in [-0.15, -0.1) is 0 Å². The first-order valence-electron chi connectivity index (χ1n) is 8.75.